The van der Waals surface area contributed by atoms with Gasteiger partial charge in [0.2, 0.25) is 0 Å². The molecule has 0 heterocycles. The highest BCUT2D eigenvalue weighted by atomic mass is 32.2. The van der Waals surface area contributed by atoms with E-state index >= 15 is 0 Å². The highest BCUT2D eigenvalue weighted by Crippen LogP contribution is 1.97. The van der Waals surface area contributed by atoms with Crippen LogP contribution in [0.5, 0.6) is 0 Å². The third-order valence-corrected chi connectivity index (χ3v) is 4.07. The predicted octanol–water partition coefficient (Wildman–Crippen LogP) is 1.20. The smallest absolute Gasteiger partial charge is 0.151 e. The van der Waals surface area contributed by atoms with Crippen molar-refractivity contribution in [1.29, 1.82) is 0 Å². The summed E-state index contributed by atoms with van der Waals surface area (Å²) in [6, 6.07) is 0.242. The lowest BCUT2D eigenvalue weighted by molar-refractivity contribution is 0.519. The molecule has 88 valence electrons. The van der Waals surface area contributed by atoms with Crippen LogP contribution in [0.2, 0.25) is 0 Å². The second-order valence-corrected chi connectivity index (χ2v) is 5.92. The molecule has 0 amide bonds. The van der Waals surface area contributed by atoms with E-state index < -0.39 is 9.84 Å². The molecule has 0 aromatic rings. The molecule has 1 unspecified atom stereocenters. The molecule has 0 rings (SSSR count). The summed E-state index contributed by atoms with van der Waals surface area (Å²) in [6.45, 7) is 4.41. The normalized spacial score (nSPS) is 13.4. The van der Waals surface area contributed by atoms with Gasteiger partial charge in [-0.15, -0.1) is 12.3 Å². The average Bonchev–Trinajstić information content (AvgIpc) is 2.16. The summed E-state index contributed by atoms with van der Waals surface area (Å²) < 4.78 is 22.8. The topological polar surface area (TPSA) is 46.2 Å². The van der Waals surface area contributed by atoms with E-state index in [0.717, 1.165) is 6.42 Å². The van der Waals surface area contributed by atoms with Crippen LogP contribution in [0, 0.1) is 12.3 Å². The highest BCUT2D eigenvalue weighted by molar-refractivity contribution is 7.91. The Morgan fingerprint density at radius 3 is 2.47 bits per heavy atom. The molecule has 0 aliphatic rings. The van der Waals surface area contributed by atoms with Gasteiger partial charge in [0.05, 0.1) is 5.75 Å². The first-order valence-corrected chi connectivity index (χ1v) is 7.25. The Labute approximate surface area is 93.6 Å². The van der Waals surface area contributed by atoms with Gasteiger partial charge in [-0.2, -0.15) is 0 Å². The van der Waals surface area contributed by atoms with Crippen molar-refractivity contribution < 1.29 is 8.42 Å². The van der Waals surface area contributed by atoms with Gasteiger partial charge < -0.3 is 5.32 Å². The molecular weight excluding hydrogens is 210 g/mol. The number of hydrogen-bond donors (Lipinski definition) is 1. The van der Waals surface area contributed by atoms with Crippen molar-refractivity contribution >= 4 is 9.84 Å². The molecule has 1 N–H and O–H groups in total. The maximum Gasteiger partial charge on any atom is 0.151 e. The van der Waals surface area contributed by atoms with Crippen molar-refractivity contribution in [2.24, 2.45) is 0 Å². The maximum absolute atomic E-state index is 11.4. The van der Waals surface area contributed by atoms with Gasteiger partial charge in [-0.1, -0.05) is 13.8 Å². The highest BCUT2D eigenvalue weighted by Gasteiger charge is 2.10. The van der Waals surface area contributed by atoms with Gasteiger partial charge in [0.25, 0.3) is 0 Å². The largest absolute Gasteiger partial charge is 0.312 e. The van der Waals surface area contributed by atoms with E-state index in [0.29, 0.717) is 19.4 Å². The summed E-state index contributed by atoms with van der Waals surface area (Å²) in [5.74, 6) is 3.07. The summed E-state index contributed by atoms with van der Waals surface area (Å²) in [6.07, 6.45) is 7.47. The number of nitrogens with one attached hydrogen (secondary N) is 1. The van der Waals surface area contributed by atoms with Crippen molar-refractivity contribution in [3.63, 3.8) is 0 Å². The molecule has 0 fully saturated rings. The van der Waals surface area contributed by atoms with Gasteiger partial charge in [-0.05, 0) is 12.8 Å². The van der Waals surface area contributed by atoms with E-state index in [2.05, 4.69) is 11.2 Å². The summed E-state index contributed by atoms with van der Waals surface area (Å²) >= 11 is 0. The Morgan fingerprint density at radius 1 is 1.33 bits per heavy atom. The molecule has 0 saturated heterocycles. The van der Waals surface area contributed by atoms with Crippen LogP contribution in [0.1, 0.15) is 33.1 Å². The summed E-state index contributed by atoms with van der Waals surface area (Å²) in [5, 5.41) is 3.16. The Morgan fingerprint density at radius 2 is 2.00 bits per heavy atom. The molecule has 1 atom stereocenters. The lowest BCUT2D eigenvalue weighted by Gasteiger charge is -2.13. The average molecular weight is 231 g/mol. The zero-order valence-electron chi connectivity index (χ0n) is 9.62. The molecule has 0 radical (unpaired) electrons. The van der Waals surface area contributed by atoms with E-state index in [-0.39, 0.29) is 17.5 Å². The zero-order valence-corrected chi connectivity index (χ0v) is 10.4. The lowest BCUT2D eigenvalue weighted by Crippen LogP contribution is -2.33. The van der Waals surface area contributed by atoms with Crippen LogP contribution in [-0.4, -0.2) is 32.5 Å². The predicted molar refractivity (Wildman–Crippen MR) is 64.5 cm³/mol. The van der Waals surface area contributed by atoms with Gasteiger partial charge in [0, 0.05) is 24.8 Å². The van der Waals surface area contributed by atoms with Crippen molar-refractivity contribution in [1.82, 2.24) is 5.32 Å². The van der Waals surface area contributed by atoms with Crippen LogP contribution in [0.3, 0.4) is 0 Å². The minimum atomic E-state index is -2.86. The number of sulfone groups is 1. The quantitative estimate of drug-likeness (QED) is 0.639. The molecule has 0 spiro atoms. The minimum Gasteiger partial charge on any atom is -0.312 e. The first-order chi connectivity index (χ1) is 7.05. The zero-order chi connectivity index (χ0) is 11.7. The van der Waals surface area contributed by atoms with E-state index in [1.807, 2.05) is 13.8 Å². The molecule has 15 heavy (non-hydrogen) atoms. The molecule has 4 heteroatoms. The van der Waals surface area contributed by atoms with Crippen molar-refractivity contribution in [3.05, 3.63) is 0 Å². The van der Waals surface area contributed by atoms with Gasteiger partial charge in [-0.25, -0.2) is 8.42 Å². The van der Waals surface area contributed by atoms with Crippen molar-refractivity contribution in [2.45, 2.75) is 39.2 Å². The second kappa shape index (κ2) is 7.72. The second-order valence-electron chi connectivity index (χ2n) is 3.62. The minimum absolute atomic E-state index is 0.210. The van der Waals surface area contributed by atoms with Crippen molar-refractivity contribution in [2.75, 3.05) is 18.1 Å². The fraction of sp³-hybridized carbons (Fsp3) is 0.818. The third kappa shape index (κ3) is 7.40. The van der Waals surface area contributed by atoms with Crippen molar-refractivity contribution in [3.8, 4) is 12.3 Å². The van der Waals surface area contributed by atoms with E-state index in [1.165, 1.54) is 0 Å². The molecule has 0 saturated carbocycles. The van der Waals surface area contributed by atoms with Crippen LogP contribution in [0.25, 0.3) is 0 Å². The van der Waals surface area contributed by atoms with Crippen LogP contribution < -0.4 is 5.32 Å². The van der Waals surface area contributed by atoms with Crippen LogP contribution in [0.15, 0.2) is 0 Å². The first-order valence-electron chi connectivity index (χ1n) is 5.43. The fourth-order valence-electron chi connectivity index (χ4n) is 1.33. The molecule has 0 bridgehead atoms. The lowest BCUT2D eigenvalue weighted by atomic mass is 10.1. The Kier molecular flexibility index (Phi) is 7.45. The molecule has 3 nitrogen and oxygen atoms in total. The Hall–Kier alpha value is -0.530. The number of terminal acetylenes is 1. The Balaban J connectivity index is 3.82. The van der Waals surface area contributed by atoms with Crippen LogP contribution in [0.4, 0.5) is 0 Å². The standard InChI is InChI=1S/C11H21NO2S/c1-4-7-11(6-3)12-8-10-15(13,14)9-5-2/h1,11-12H,5-10H2,2-3H3. The van der Waals surface area contributed by atoms with Gasteiger partial charge in [0.15, 0.2) is 9.84 Å². The maximum atomic E-state index is 11.4. The SMILES string of the molecule is C#CCC(CC)NCCS(=O)(=O)CCC. The summed E-state index contributed by atoms with van der Waals surface area (Å²) in [4.78, 5) is 0. The summed E-state index contributed by atoms with van der Waals surface area (Å²) in [5.41, 5.74) is 0. The van der Waals surface area contributed by atoms with E-state index in [9.17, 15) is 8.42 Å². The van der Waals surface area contributed by atoms with Crippen LogP contribution in [-0.2, 0) is 9.84 Å². The molecule has 0 aromatic heterocycles. The van der Waals surface area contributed by atoms with E-state index in [1.54, 1.807) is 0 Å². The first kappa shape index (κ1) is 14.5. The molecule has 0 aromatic carbocycles. The van der Waals surface area contributed by atoms with Gasteiger partial charge in [0.1, 0.15) is 0 Å². The molecular formula is C11H21NO2S. The number of rotatable bonds is 8. The van der Waals surface area contributed by atoms with Gasteiger partial charge in [-0.3, -0.25) is 0 Å². The Bertz CT molecular complexity index is 290. The van der Waals surface area contributed by atoms with Crippen LogP contribution >= 0.6 is 0 Å². The monoisotopic (exact) mass is 231 g/mol. The number of hydrogen-bond acceptors (Lipinski definition) is 3. The fourth-order valence-corrected chi connectivity index (χ4v) is 2.59. The molecule has 0 aliphatic heterocycles. The molecule has 0 aliphatic carbocycles. The summed E-state index contributed by atoms with van der Waals surface area (Å²) in [7, 11) is -2.86. The van der Waals surface area contributed by atoms with Gasteiger partial charge >= 0.3 is 0 Å². The van der Waals surface area contributed by atoms with E-state index in [4.69, 9.17) is 6.42 Å². The third-order valence-electron chi connectivity index (χ3n) is 2.22.